The van der Waals surface area contributed by atoms with Crippen LogP contribution in [0.25, 0.3) is 10.8 Å². The van der Waals surface area contributed by atoms with Gasteiger partial charge in [0, 0.05) is 43.3 Å². The predicted octanol–water partition coefficient (Wildman–Crippen LogP) is 2.65. The number of phenolic OH excluding ortho intramolecular Hbond substituents is 1. The number of hydrogen-bond acceptors (Lipinski definition) is 5. The molecule has 150 valence electrons. The molecule has 1 aromatic heterocycles. The van der Waals surface area contributed by atoms with Gasteiger partial charge in [0.1, 0.15) is 5.75 Å². The summed E-state index contributed by atoms with van der Waals surface area (Å²) in [7, 11) is 0. The third kappa shape index (κ3) is 3.55. The van der Waals surface area contributed by atoms with Crippen molar-refractivity contribution in [1.29, 1.82) is 0 Å². The Morgan fingerprint density at radius 1 is 1.00 bits per heavy atom. The van der Waals surface area contributed by atoms with Crippen molar-refractivity contribution in [2.45, 2.75) is 19.9 Å². The second-order valence-corrected chi connectivity index (χ2v) is 7.54. The number of nitrogens with zero attached hydrogens (tertiary/aromatic N) is 4. The lowest BCUT2D eigenvalue weighted by molar-refractivity contribution is 0.0740. The van der Waals surface area contributed by atoms with E-state index in [-0.39, 0.29) is 23.3 Å². The Morgan fingerprint density at radius 2 is 1.69 bits per heavy atom. The van der Waals surface area contributed by atoms with Crippen molar-refractivity contribution >= 4 is 22.4 Å². The van der Waals surface area contributed by atoms with Gasteiger partial charge in [0.05, 0.1) is 11.4 Å². The highest BCUT2D eigenvalue weighted by atomic mass is 16.3. The van der Waals surface area contributed by atoms with Gasteiger partial charge in [-0.1, -0.05) is 24.3 Å². The second-order valence-electron chi connectivity index (χ2n) is 7.54. The number of amides is 1. The Labute approximate surface area is 168 Å². The summed E-state index contributed by atoms with van der Waals surface area (Å²) in [6.07, 6.45) is 0. The number of phenols is 1. The highest BCUT2D eigenvalue weighted by Crippen LogP contribution is 2.22. The van der Waals surface area contributed by atoms with Gasteiger partial charge >= 0.3 is 0 Å². The van der Waals surface area contributed by atoms with Crippen molar-refractivity contribution in [2.75, 3.05) is 31.1 Å². The van der Waals surface area contributed by atoms with E-state index in [1.54, 1.807) is 35.2 Å². The van der Waals surface area contributed by atoms with Crippen molar-refractivity contribution in [3.05, 3.63) is 64.6 Å². The number of benzene rings is 2. The molecule has 1 amide bonds. The lowest BCUT2D eigenvalue weighted by atomic mass is 10.1. The predicted molar refractivity (Wildman–Crippen MR) is 113 cm³/mol. The van der Waals surface area contributed by atoms with E-state index >= 15 is 0 Å². The van der Waals surface area contributed by atoms with Gasteiger partial charge < -0.3 is 14.9 Å². The number of aromatic nitrogens is 2. The molecule has 0 spiro atoms. The van der Waals surface area contributed by atoms with Crippen LogP contribution in [0, 0.1) is 0 Å². The molecule has 29 heavy (non-hydrogen) atoms. The van der Waals surface area contributed by atoms with Crippen LogP contribution >= 0.6 is 0 Å². The molecule has 1 aliphatic heterocycles. The minimum atomic E-state index is -0.180. The number of aromatic hydroxyl groups is 1. The molecule has 1 N–H and O–H groups in total. The van der Waals surface area contributed by atoms with E-state index in [1.807, 2.05) is 32.0 Å². The van der Waals surface area contributed by atoms with Crippen molar-refractivity contribution in [3.8, 4) is 5.75 Å². The van der Waals surface area contributed by atoms with Gasteiger partial charge in [-0.05, 0) is 32.0 Å². The van der Waals surface area contributed by atoms with Crippen LogP contribution in [0.15, 0.2) is 53.3 Å². The fourth-order valence-corrected chi connectivity index (χ4v) is 3.72. The van der Waals surface area contributed by atoms with Crippen molar-refractivity contribution in [3.63, 3.8) is 0 Å². The molecule has 2 aromatic carbocycles. The molecule has 0 atom stereocenters. The van der Waals surface area contributed by atoms with Crippen LogP contribution in [-0.2, 0) is 0 Å². The van der Waals surface area contributed by atoms with E-state index in [4.69, 9.17) is 0 Å². The number of carbonyl (C=O) groups is 1. The van der Waals surface area contributed by atoms with Gasteiger partial charge in [0.15, 0.2) is 5.69 Å². The topological polar surface area (TPSA) is 78.7 Å². The quantitative estimate of drug-likeness (QED) is 0.741. The zero-order valence-corrected chi connectivity index (χ0v) is 16.6. The SMILES string of the molecule is CC(C)n1nc(C(=O)N2CCN(c3cccc(O)c3)CC2)c2ccccc2c1=O. The first-order valence-electron chi connectivity index (χ1n) is 9.80. The maximum absolute atomic E-state index is 13.3. The Kier molecular flexibility index (Phi) is 4.96. The first-order chi connectivity index (χ1) is 14.0. The molecule has 7 heteroatoms. The summed E-state index contributed by atoms with van der Waals surface area (Å²) in [5.41, 5.74) is 1.08. The molecule has 2 heterocycles. The van der Waals surface area contributed by atoms with Crippen LogP contribution in [0.1, 0.15) is 30.4 Å². The molecule has 4 rings (SSSR count). The van der Waals surface area contributed by atoms with Crippen LogP contribution in [0.5, 0.6) is 5.75 Å². The highest BCUT2D eigenvalue weighted by Gasteiger charge is 2.26. The first-order valence-corrected chi connectivity index (χ1v) is 9.80. The Morgan fingerprint density at radius 3 is 2.34 bits per heavy atom. The lowest BCUT2D eigenvalue weighted by Crippen LogP contribution is -2.49. The van der Waals surface area contributed by atoms with E-state index in [0.29, 0.717) is 42.6 Å². The third-order valence-corrected chi connectivity index (χ3v) is 5.28. The van der Waals surface area contributed by atoms with Crippen molar-refractivity contribution in [1.82, 2.24) is 14.7 Å². The van der Waals surface area contributed by atoms with E-state index < -0.39 is 0 Å². The van der Waals surface area contributed by atoms with E-state index in [1.165, 1.54) is 4.68 Å². The molecule has 1 aliphatic rings. The first kappa shape index (κ1) is 19.0. The molecular formula is C22H24N4O3. The summed E-state index contributed by atoms with van der Waals surface area (Å²) in [5, 5.41) is 15.2. The molecule has 0 radical (unpaired) electrons. The van der Waals surface area contributed by atoms with Gasteiger partial charge in [-0.15, -0.1) is 0 Å². The largest absolute Gasteiger partial charge is 0.508 e. The summed E-state index contributed by atoms with van der Waals surface area (Å²) in [6.45, 7) is 6.18. The Balaban J connectivity index is 1.62. The number of anilines is 1. The number of piperazine rings is 1. The minimum absolute atomic E-state index is 0.138. The summed E-state index contributed by atoms with van der Waals surface area (Å²) in [6, 6.07) is 14.1. The fourth-order valence-electron chi connectivity index (χ4n) is 3.72. The summed E-state index contributed by atoms with van der Waals surface area (Å²) in [5.74, 6) is 0.0683. The van der Waals surface area contributed by atoms with Gasteiger partial charge in [0.2, 0.25) is 0 Å². The van der Waals surface area contributed by atoms with Crippen LogP contribution in [0.2, 0.25) is 0 Å². The molecule has 1 fully saturated rings. The fraction of sp³-hybridized carbons (Fsp3) is 0.318. The monoisotopic (exact) mass is 392 g/mol. The highest BCUT2D eigenvalue weighted by molar-refractivity contribution is 6.04. The van der Waals surface area contributed by atoms with Crippen LogP contribution in [0.4, 0.5) is 5.69 Å². The average molecular weight is 392 g/mol. The second kappa shape index (κ2) is 7.58. The maximum Gasteiger partial charge on any atom is 0.275 e. The molecule has 0 aliphatic carbocycles. The van der Waals surface area contributed by atoms with E-state index in [9.17, 15) is 14.7 Å². The molecule has 0 bridgehead atoms. The van der Waals surface area contributed by atoms with Crippen molar-refractivity contribution in [2.24, 2.45) is 0 Å². The van der Waals surface area contributed by atoms with Gasteiger partial charge in [-0.3, -0.25) is 9.59 Å². The molecular weight excluding hydrogens is 368 g/mol. The third-order valence-electron chi connectivity index (χ3n) is 5.28. The minimum Gasteiger partial charge on any atom is -0.508 e. The number of rotatable bonds is 3. The zero-order chi connectivity index (χ0) is 20.5. The van der Waals surface area contributed by atoms with E-state index in [2.05, 4.69) is 10.00 Å². The number of fused-ring (bicyclic) bond motifs is 1. The molecule has 1 saturated heterocycles. The van der Waals surface area contributed by atoms with Crippen molar-refractivity contribution < 1.29 is 9.90 Å². The maximum atomic E-state index is 13.3. The van der Waals surface area contributed by atoms with Gasteiger partial charge in [0.25, 0.3) is 11.5 Å². The Hall–Kier alpha value is -3.35. The summed E-state index contributed by atoms with van der Waals surface area (Å²) in [4.78, 5) is 29.9. The van der Waals surface area contributed by atoms with Gasteiger partial charge in [-0.25, -0.2) is 4.68 Å². The standard InChI is InChI=1S/C22H24N4O3/c1-15(2)26-21(28)19-9-4-3-8-18(19)20(23-26)22(29)25-12-10-24(11-13-25)16-6-5-7-17(27)14-16/h3-9,14-15,27H,10-13H2,1-2H3. The van der Waals surface area contributed by atoms with Crippen LogP contribution < -0.4 is 10.5 Å². The van der Waals surface area contributed by atoms with Crippen LogP contribution in [0.3, 0.4) is 0 Å². The molecule has 7 nitrogen and oxygen atoms in total. The smallest absolute Gasteiger partial charge is 0.275 e. The van der Waals surface area contributed by atoms with Gasteiger partial charge in [-0.2, -0.15) is 5.10 Å². The Bertz CT molecular complexity index is 1110. The lowest BCUT2D eigenvalue weighted by Gasteiger charge is -2.36. The number of hydrogen-bond donors (Lipinski definition) is 1. The average Bonchev–Trinajstić information content (AvgIpc) is 2.73. The summed E-state index contributed by atoms with van der Waals surface area (Å²) < 4.78 is 1.39. The normalized spacial score (nSPS) is 14.6. The number of carbonyl (C=O) groups excluding carboxylic acids is 1. The molecule has 3 aromatic rings. The molecule has 0 saturated carbocycles. The van der Waals surface area contributed by atoms with E-state index in [0.717, 1.165) is 5.69 Å². The van der Waals surface area contributed by atoms with Crippen LogP contribution in [-0.4, -0.2) is 51.9 Å². The summed E-state index contributed by atoms with van der Waals surface area (Å²) >= 11 is 0. The molecule has 0 unspecified atom stereocenters. The zero-order valence-electron chi connectivity index (χ0n) is 16.6.